The molecule has 1 N–H and O–H groups in total. The van der Waals surface area contributed by atoms with Crippen LogP contribution in [0.25, 0.3) is 0 Å². The average Bonchev–Trinajstić information content (AvgIpc) is 2.68. The highest BCUT2D eigenvalue weighted by molar-refractivity contribution is 7.09. The van der Waals surface area contributed by atoms with Gasteiger partial charge >= 0.3 is 0 Å². The van der Waals surface area contributed by atoms with Crippen LogP contribution in [-0.2, 0) is 17.7 Å². The van der Waals surface area contributed by atoms with E-state index in [2.05, 4.69) is 31.1 Å². The van der Waals surface area contributed by atoms with Gasteiger partial charge in [0.05, 0.1) is 17.3 Å². The van der Waals surface area contributed by atoms with Gasteiger partial charge in [0.15, 0.2) is 0 Å². The van der Waals surface area contributed by atoms with Crippen LogP contribution >= 0.6 is 11.3 Å². The lowest BCUT2D eigenvalue weighted by molar-refractivity contribution is 0.0187. The number of nitrogens with zero attached hydrogens (tertiary/aromatic N) is 1. The quantitative estimate of drug-likeness (QED) is 0.779. The standard InChI is InChI=1S/C12H20F2N2OS/c1-12(2,3)15-6-9-8-18-11(16-9)4-5-17-7-10(13)14/h8,10,15H,4-7H2,1-3H3. The molecule has 0 bridgehead atoms. The van der Waals surface area contributed by atoms with Gasteiger partial charge in [0.25, 0.3) is 6.43 Å². The molecule has 0 saturated heterocycles. The van der Waals surface area contributed by atoms with Crippen molar-refractivity contribution in [2.45, 2.75) is 45.7 Å². The zero-order chi connectivity index (χ0) is 13.6. The lowest BCUT2D eigenvalue weighted by Crippen LogP contribution is -2.35. The predicted molar refractivity (Wildman–Crippen MR) is 69.2 cm³/mol. The minimum Gasteiger partial charge on any atom is -0.375 e. The number of hydrogen-bond donors (Lipinski definition) is 1. The second-order valence-corrected chi connectivity index (χ2v) is 5.99. The van der Waals surface area contributed by atoms with E-state index in [-0.39, 0.29) is 5.54 Å². The molecule has 1 rings (SSSR count). The third-order valence-corrected chi connectivity index (χ3v) is 3.06. The molecular formula is C12H20F2N2OS. The maximum atomic E-state index is 11.8. The molecule has 0 atom stereocenters. The van der Waals surface area contributed by atoms with Gasteiger partial charge in [-0.3, -0.25) is 0 Å². The topological polar surface area (TPSA) is 34.1 Å². The Kier molecular flexibility index (Phi) is 6.11. The van der Waals surface area contributed by atoms with Crippen LogP contribution in [0.5, 0.6) is 0 Å². The Morgan fingerprint density at radius 1 is 1.44 bits per heavy atom. The first-order valence-electron chi connectivity index (χ1n) is 5.91. The second kappa shape index (κ2) is 7.11. The minimum atomic E-state index is -2.40. The highest BCUT2D eigenvalue weighted by Crippen LogP contribution is 2.12. The van der Waals surface area contributed by atoms with Gasteiger partial charge in [0.1, 0.15) is 6.61 Å². The molecule has 0 aliphatic heterocycles. The number of rotatable bonds is 7. The first-order valence-corrected chi connectivity index (χ1v) is 6.79. The number of alkyl halides is 2. The highest BCUT2D eigenvalue weighted by atomic mass is 32.1. The van der Waals surface area contributed by atoms with E-state index in [0.717, 1.165) is 17.2 Å². The van der Waals surface area contributed by atoms with Crippen molar-refractivity contribution < 1.29 is 13.5 Å². The second-order valence-electron chi connectivity index (χ2n) is 5.05. The van der Waals surface area contributed by atoms with E-state index in [1.807, 2.05) is 5.38 Å². The van der Waals surface area contributed by atoms with Gasteiger partial charge in [-0.15, -0.1) is 11.3 Å². The Balaban J connectivity index is 2.26. The fraction of sp³-hybridized carbons (Fsp3) is 0.750. The molecule has 1 aromatic heterocycles. The molecule has 0 aliphatic carbocycles. The summed E-state index contributed by atoms with van der Waals surface area (Å²) in [5, 5.41) is 6.26. The Hall–Kier alpha value is -0.590. The maximum absolute atomic E-state index is 11.8. The molecule has 0 radical (unpaired) electrons. The van der Waals surface area contributed by atoms with Crippen LogP contribution in [0.2, 0.25) is 0 Å². The Morgan fingerprint density at radius 3 is 2.78 bits per heavy atom. The monoisotopic (exact) mass is 278 g/mol. The number of nitrogens with one attached hydrogen (secondary N) is 1. The predicted octanol–water partition coefficient (Wildman–Crippen LogP) is 2.86. The van der Waals surface area contributed by atoms with Crippen molar-refractivity contribution in [2.75, 3.05) is 13.2 Å². The van der Waals surface area contributed by atoms with E-state index in [1.54, 1.807) is 11.3 Å². The van der Waals surface area contributed by atoms with Crippen LogP contribution < -0.4 is 5.32 Å². The van der Waals surface area contributed by atoms with Crippen molar-refractivity contribution in [2.24, 2.45) is 0 Å². The lowest BCUT2D eigenvalue weighted by Gasteiger charge is -2.19. The number of halogens is 2. The number of ether oxygens (including phenoxy) is 1. The van der Waals surface area contributed by atoms with Crippen molar-refractivity contribution >= 4 is 11.3 Å². The fourth-order valence-corrected chi connectivity index (χ4v) is 2.01. The molecule has 1 aromatic rings. The lowest BCUT2D eigenvalue weighted by atomic mass is 10.1. The van der Waals surface area contributed by atoms with E-state index in [9.17, 15) is 8.78 Å². The van der Waals surface area contributed by atoms with Gasteiger partial charge in [-0.25, -0.2) is 13.8 Å². The summed E-state index contributed by atoms with van der Waals surface area (Å²) in [6.45, 7) is 6.81. The van der Waals surface area contributed by atoms with Crippen LogP contribution in [-0.4, -0.2) is 30.2 Å². The van der Waals surface area contributed by atoms with E-state index < -0.39 is 13.0 Å². The van der Waals surface area contributed by atoms with E-state index >= 15 is 0 Å². The molecule has 3 nitrogen and oxygen atoms in total. The summed E-state index contributed by atoms with van der Waals surface area (Å²) in [6, 6.07) is 0. The van der Waals surface area contributed by atoms with Gasteiger partial charge < -0.3 is 10.1 Å². The molecular weight excluding hydrogens is 258 g/mol. The average molecular weight is 278 g/mol. The molecule has 0 aliphatic rings. The van der Waals surface area contributed by atoms with Crippen LogP contribution in [0.1, 0.15) is 31.5 Å². The number of thiazole rings is 1. The van der Waals surface area contributed by atoms with Crippen molar-refractivity contribution in [3.05, 3.63) is 16.1 Å². The first kappa shape index (κ1) is 15.5. The molecule has 0 saturated carbocycles. The Morgan fingerprint density at radius 2 is 2.17 bits per heavy atom. The zero-order valence-corrected chi connectivity index (χ0v) is 11.8. The molecule has 0 amide bonds. The third-order valence-electron chi connectivity index (χ3n) is 2.10. The fourth-order valence-electron chi connectivity index (χ4n) is 1.23. The van der Waals surface area contributed by atoms with E-state index in [1.165, 1.54) is 0 Å². The van der Waals surface area contributed by atoms with Gasteiger partial charge in [-0.05, 0) is 20.8 Å². The summed E-state index contributed by atoms with van der Waals surface area (Å²) >= 11 is 1.54. The maximum Gasteiger partial charge on any atom is 0.261 e. The Labute approximate surface area is 111 Å². The zero-order valence-electron chi connectivity index (χ0n) is 11.0. The summed E-state index contributed by atoms with van der Waals surface area (Å²) < 4.78 is 28.5. The number of aromatic nitrogens is 1. The van der Waals surface area contributed by atoms with Crippen LogP contribution in [0, 0.1) is 0 Å². The molecule has 0 fully saturated rings. The van der Waals surface area contributed by atoms with Gasteiger partial charge in [-0.1, -0.05) is 0 Å². The smallest absolute Gasteiger partial charge is 0.261 e. The van der Waals surface area contributed by atoms with Crippen LogP contribution in [0.15, 0.2) is 5.38 Å². The molecule has 0 aromatic carbocycles. The SMILES string of the molecule is CC(C)(C)NCc1csc(CCOCC(F)F)n1. The molecule has 6 heteroatoms. The molecule has 1 heterocycles. The largest absolute Gasteiger partial charge is 0.375 e. The Bertz CT molecular complexity index is 350. The summed E-state index contributed by atoms with van der Waals surface area (Å²) in [5.74, 6) is 0. The normalized spacial score (nSPS) is 12.3. The molecule has 104 valence electrons. The third kappa shape index (κ3) is 6.98. The van der Waals surface area contributed by atoms with Crippen molar-refractivity contribution in [3.63, 3.8) is 0 Å². The van der Waals surface area contributed by atoms with Gasteiger partial charge in [0.2, 0.25) is 0 Å². The summed E-state index contributed by atoms with van der Waals surface area (Å²) in [6.07, 6.45) is -1.81. The van der Waals surface area contributed by atoms with Crippen LogP contribution in [0.3, 0.4) is 0 Å². The molecule has 18 heavy (non-hydrogen) atoms. The van der Waals surface area contributed by atoms with Crippen molar-refractivity contribution in [1.29, 1.82) is 0 Å². The number of hydrogen-bond acceptors (Lipinski definition) is 4. The van der Waals surface area contributed by atoms with E-state index in [0.29, 0.717) is 13.0 Å². The summed E-state index contributed by atoms with van der Waals surface area (Å²) in [7, 11) is 0. The van der Waals surface area contributed by atoms with Gasteiger partial charge in [0, 0.05) is 23.9 Å². The minimum absolute atomic E-state index is 0.0597. The van der Waals surface area contributed by atoms with Crippen molar-refractivity contribution in [1.82, 2.24) is 10.3 Å². The van der Waals surface area contributed by atoms with Crippen LogP contribution in [0.4, 0.5) is 8.78 Å². The summed E-state index contributed by atoms with van der Waals surface area (Å²) in [4.78, 5) is 4.42. The van der Waals surface area contributed by atoms with Gasteiger partial charge in [-0.2, -0.15) is 0 Å². The molecule has 0 spiro atoms. The highest BCUT2D eigenvalue weighted by Gasteiger charge is 2.10. The van der Waals surface area contributed by atoms with E-state index in [4.69, 9.17) is 4.74 Å². The first-order chi connectivity index (χ1) is 8.37. The summed E-state index contributed by atoms with van der Waals surface area (Å²) in [5.41, 5.74) is 1.04. The molecule has 0 unspecified atom stereocenters. The van der Waals surface area contributed by atoms with Crippen molar-refractivity contribution in [3.8, 4) is 0 Å².